The number of ketones is 1. The number of imide groups is 2. The molecular formula is C77H103N9O13. The lowest BCUT2D eigenvalue weighted by atomic mass is 9.57. The number of allylic oxidation sites excluding steroid dienone is 4. The molecule has 22 heteroatoms. The highest BCUT2D eigenvalue weighted by Gasteiger charge is 2.79. The van der Waals surface area contributed by atoms with Crippen LogP contribution in [0.5, 0.6) is 0 Å². The molecule has 8 atom stereocenters. The summed E-state index contributed by atoms with van der Waals surface area (Å²) in [5.74, 6) is 4.66. The molecule has 2 saturated carbocycles. The van der Waals surface area contributed by atoms with E-state index in [4.69, 9.17) is 14.2 Å². The minimum absolute atomic E-state index is 0.00359. The fraction of sp³-hybridized carbons (Fsp3) is 0.636. The number of nitrogens with one attached hydrogen (secondary N) is 3. The molecule has 2 aromatic carbocycles. The smallest absolute Gasteiger partial charge is 0.410 e. The van der Waals surface area contributed by atoms with Gasteiger partial charge in [0.25, 0.3) is 11.8 Å². The second-order valence-electron chi connectivity index (χ2n) is 30.7. The van der Waals surface area contributed by atoms with Gasteiger partial charge in [-0.3, -0.25) is 48.6 Å². The minimum atomic E-state index is -1.12. The molecule has 2 aromatic rings. The van der Waals surface area contributed by atoms with Crippen LogP contribution in [0.15, 0.2) is 65.3 Å². The summed E-state index contributed by atoms with van der Waals surface area (Å²) >= 11 is 0. The first-order chi connectivity index (χ1) is 47.3. The predicted molar refractivity (Wildman–Crippen MR) is 373 cm³/mol. The number of nitrogens with zero attached hydrogens (tertiary/aromatic N) is 6. The summed E-state index contributed by atoms with van der Waals surface area (Å²) in [6, 6.07) is 10.6. The van der Waals surface area contributed by atoms with E-state index in [1.54, 1.807) is 64.6 Å². The summed E-state index contributed by atoms with van der Waals surface area (Å²) in [6.07, 6.45) is 18.7. The van der Waals surface area contributed by atoms with E-state index in [9.17, 15) is 43.2 Å². The van der Waals surface area contributed by atoms with Crippen molar-refractivity contribution in [2.45, 2.75) is 236 Å². The second kappa shape index (κ2) is 30.4. The zero-order valence-corrected chi connectivity index (χ0v) is 59.5. The van der Waals surface area contributed by atoms with Crippen LogP contribution in [0.4, 0.5) is 21.0 Å². The first-order valence-electron chi connectivity index (χ1n) is 36.6. The lowest BCUT2D eigenvalue weighted by Gasteiger charge is -2.46. The monoisotopic (exact) mass is 1360 g/mol. The molecule has 5 heterocycles. The molecule has 22 nitrogen and oxygen atoms in total. The van der Waals surface area contributed by atoms with E-state index >= 15 is 4.79 Å². The Bertz CT molecular complexity index is 3600. The number of ether oxygens (including phenoxy) is 3. The lowest BCUT2D eigenvalue weighted by molar-refractivity contribution is -0.155. The number of rotatable bonds is 24. The van der Waals surface area contributed by atoms with E-state index in [2.05, 4.69) is 57.0 Å². The Morgan fingerprint density at radius 3 is 1.99 bits per heavy atom. The van der Waals surface area contributed by atoms with Gasteiger partial charge in [0.2, 0.25) is 29.5 Å². The average molecular weight is 1360 g/mol. The van der Waals surface area contributed by atoms with E-state index in [0.717, 1.165) is 120 Å². The van der Waals surface area contributed by atoms with Crippen LogP contribution in [0.3, 0.4) is 0 Å². The van der Waals surface area contributed by atoms with E-state index < -0.39 is 77.0 Å². The van der Waals surface area contributed by atoms with Gasteiger partial charge in [-0.25, -0.2) is 9.59 Å². The molecule has 0 radical (unpaired) electrons. The Hall–Kier alpha value is -8.06. The van der Waals surface area contributed by atoms with Crippen LogP contribution < -0.4 is 20.9 Å². The summed E-state index contributed by atoms with van der Waals surface area (Å²) in [4.78, 5) is 144. The summed E-state index contributed by atoms with van der Waals surface area (Å²) in [7, 11) is 2.01. The van der Waals surface area contributed by atoms with Gasteiger partial charge in [0.1, 0.15) is 34.9 Å². The Labute approximate surface area is 583 Å². The van der Waals surface area contributed by atoms with Gasteiger partial charge < -0.3 is 49.3 Å². The first-order valence-corrected chi connectivity index (χ1v) is 36.6. The fourth-order valence-corrected chi connectivity index (χ4v) is 16.9. The number of carbonyl (C=O) groups is 10. The number of epoxide rings is 1. The van der Waals surface area contributed by atoms with Crippen LogP contribution in [0.1, 0.15) is 222 Å². The first kappa shape index (κ1) is 72.2. The molecule has 4 saturated heterocycles. The van der Waals surface area contributed by atoms with Gasteiger partial charge in [-0.1, -0.05) is 87.5 Å². The van der Waals surface area contributed by atoms with Crippen LogP contribution in [-0.2, 0) is 43.0 Å². The summed E-state index contributed by atoms with van der Waals surface area (Å²) in [5.41, 5.74) is 5.20. The number of fused-ring (bicyclic) bond motifs is 4. The topological polar surface area (TPSA) is 257 Å². The zero-order chi connectivity index (χ0) is 70.6. The van der Waals surface area contributed by atoms with Crippen molar-refractivity contribution in [3.8, 4) is 11.8 Å². The largest absolute Gasteiger partial charge is 0.444 e. The Balaban J connectivity index is 0.650. The van der Waals surface area contributed by atoms with E-state index in [-0.39, 0.29) is 98.5 Å². The molecule has 3 unspecified atom stereocenters. The fourth-order valence-electron chi connectivity index (χ4n) is 16.9. The highest BCUT2D eigenvalue weighted by Crippen LogP contribution is 2.73. The van der Waals surface area contributed by atoms with Gasteiger partial charge in [-0.15, -0.1) is 5.92 Å². The maximum Gasteiger partial charge on any atom is 0.410 e. The highest BCUT2D eigenvalue weighted by atomic mass is 16.6. The van der Waals surface area contributed by atoms with Crippen LogP contribution in [0, 0.1) is 23.7 Å². The standard InChI is InChI=1S/C77H103N9O13/c1-9-37-76-38-36-58-55-32-28-51-46-53(87)31-33-54(51)65(55)57(47-77(58,76)99-76)50-26-29-52(30-27-50)81(8)41-22-25-64(89)84-44-42-83(73(96)98-75(5,6)7)49-62(84)70(93)85-45-43-82(72(95)97-74(2,3)4)48-61(85)67(90)79-40-20-18-16-14-12-10-11-13-15-17-19-39-78-59-24-21-23-56-66(59)71(94)86(69(56)92)60-34-35-63(88)80-68(60)91/h21,23-24,26-27,29-30,46,55,57-58,60-62,78H,10-20,22,25,28,31-36,38-45,47-49H2,1-8H3,(H,79,90)(H,80,88,91)/t55-,57+,58-,60?,61?,62?,76-,77+/m0/s1. The number of unbranched alkanes of at least 4 members (excludes halogenated alkanes) is 10. The molecule has 3 N–H and O–H groups in total. The highest BCUT2D eigenvalue weighted by molar-refractivity contribution is 6.25. The number of piperazine rings is 2. The molecule has 99 heavy (non-hydrogen) atoms. The quantitative estimate of drug-likeness (QED) is 0.0382. The third-order valence-electron chi connectivity index (χ3n) is 21.7. The van der Waals surface area contributed by atoms with Crippen molar-refractivity contribution in [2.75, 3.05) is 76.2 Å². The molecule has 1 spiro atoms. The summed E-state index contributed by atoms with van der Waals surface area (Å²) in [6.45, 7) is 14.2. The molecule has 6 fully saturated rings. The van der Waals surface area contributed by atoms with Gasteiger partial charge in [0, 0.05) is 89.4 Å². The maximum atomic E-state index is 15.3. The number of hydrogen-bond donors (Lipinski definition) is 3. The van der Waals surface area contributed by atoms with Crippen molar-refractivity contribution >= 4 is 70.7 Å². The van der Waals surface area contributed by atoms with Crippen molar-refractivity contribution in [3.05, 3.63) is 82.0 Å². The third-order valence-corrected chi connectivity index (χ3v) is 21.7. The number of anilines is 2. The molecule has 5 aliphatic heterocycles. The second-order valence-corrected chi connectivity index (χ2v) is 30.7. The van der Waals surface area contributed by atoms with E-state index in [1.807, 2.05) is 20.0 Å². The van der Waals surface area contributed by atoms with Crippen LogP contribution >= 0.6 is 0 Å². The molecule has 9 amide bonds. The SMILES string of the molecule is CC#C[C@]12CC[C@H]3[C@@H]4CCC5=CC(=O)CCC5=C4[C@@H](c4ccc(N(C)CCCC(=O)N5CCN(C(=O)OC(C)(C)C)CC5C(=O)N5CCN(C(=O)OC(C)(C)C)CC5C(=O)NCCCCCCCCCCCCCNc5cccc6c5C(=O)N(C5CCC(=O)NC5=O)C6=O)cc4)C[C@@]31O2. The van der Waals surface area contributed by atoms with Gasteiger partial charge in [-0.2, -0.15) is 0 Å². The molecule has 0 aromatic heterocycles. The van der Waals surface area contributed by atoms with Crippen LogP contribution in [0.2, 0.25) is 0 Å². The molecular weight excluding hydrogens is 1260 g/mol. The van der Waals surface area contributed by atoms with Crippen molar-refractivity contribution in [3.63, 3.8) is 0 Å². The van der Waals surface area contributed by atoms with Crippen LogP contribution in [0.25, 0.3) is 0 Å². The number of piperidine rings is 1. The van der Waals surface area contributed by atoms with Gasteiger partial charge in [-0.05, 0) is 172 Å². The zero-order valence-electron chi connectivity index (χ0n) is 59.5. The van der Waals surface area contributed by atoms with Crippen LogP contribution in [-0.4, -0.2) is 190 Å². The van der Waals surface area contributed by atoms with E-state index in [0.29, 0.717) is 50.0 Å². The summed E-state index contributed by atoms with van der Waals surface area (Å²) < 4.78 is 18.3. The van der Waals surface area contributed by atoms with Gasteiger partial charge in [0.15, 0.2) is 11.4 Å². The summed E-state index contributed by atoms with van der Waals surface area (Å²) in [5, 5.41) is 8.63. The Morgan fingerprint density at radius 1 is 0.707 bits per heavy atom. The number of carbonyl (C=O) groups excluding carboxylic acids is 10. The van der Waals surface area contributed by atoms with Gasteiger partial charge in [0.05, 0.1) is 24.2 Å². The normalized spacial score (nSPS) is 25.7. The predicted octanol–water partition coefficient (Wildman–Crippen LogP) is 10.1. The Kier molecular flexibility index (Phi) is 22.2. The lowest BCUT2D eigenvalue weighted by Crippen LogP contribution is -2.68. The molecule has 11 rings (SSSR count). The number of hydrogen-bond acceptors (Lipinski definition) is 15. The number of amides is 9. The molecule has 0 bridgehead atoms. The van der Waals surface area contributed by atoms with E-state index in [1.165, 1.54) is 37.0 Å². The van der Waals surface area contributed by atoms with Crippen molar-refractivity contribution in [2.24, 2.45) is 11.8 Å². The average Bonchev–Trinajstić information content (AvgIpc) is 1.49. The van der Waals surface area contributed by atoms with Crippen molar-refractivity contribution in [1.29, 1.82) is 0 Å². The Morgan fingerprint density at radius 2 is 1.34 bits per heavy atom. The minimum Gasteiger partial charge on any atom is -0.444 e. The third kappa shape index (κ3) is 15.9. The molecule has 534 valence electrons. The maximum absolute atomic E-state index is 15.3. The van der Waals surface area contributed by atoms with Crippen molar-refractivity contribution < 1.29 is 62.2 Å². The molecule has 4 aliphatic carbocycles. The van der Waals surface area contributed by atoms with Crippen molar-refractivity contribution in [1.82, 2.24) is 35.1 Å². The van der Waals surface area contributed by atoms with Gasteiger partial charge >= 0.3 is 12.2 Å². The number of benzene rings is 2. The molecule has 9 aliphatic rings.